The Balaban J connectivity index is -0.000000503. The van der Waals surface area contributed by atoms with E-state index in [1.807, 2.05) is 34.6 Å². The fourth-order valence-corrected chi connectivity index (χ4v) is 2.04. The minimum Gasteiger partial charge on any atom is -0.394 e. The molecule has 3 unspecified atom stereocenters. The summed E-state index contributed by atoms with van der Waals surface area (Å²) in [5.74, 6) is 5.19. The number of allylic oxidation sites excluding steroid dienone is 1. The van der Waals surface area contributed by atoms with E-state index in [1.165, 1.54) is 0 Å². The van der Waals surface area contributed by atoms with Gasteiger partial charge in [0, 0.05) is 31.6 Å². The quantitative estimate of drug-likeness (QED) is 0.0985. The van der Waals surface area contributed by atoms with E-state index in [0.717, 1.165) is 12.2 Å². The van der Waals surface area contributed by atoms with Gasteiger partial charge in [-0.05, 0) is 13.3 Å². The molecule has 1 rings (SSSR count). The summed E-state index contributed by atoms with van der Waals surface area (Å²) in [6.07, 6.45) is -0.0415. The number of rotatable bonds is 14. The normalized spacial score (nSPS) is 19.9. The lowest BCUT2D eigenvalue weighted by Crippen LogP contribution is -2.46. The number of ether oxygens (including phenoxy) is 4. The maximum absolute atomic E-state index is 9.10. The highest BCUT2D eigenvalue weighted by molar-refractivity contribution is 4.91. The van der Waals surface area contributed by atoms with Gasteiger partial charge >= 0.3 is 0 Å². The Bertz CT molecular complexity index is 380. The van der Waals surface area contributed by atoms with Gasteiger partial charge in [0.2, 0.25) is 0 Å². The van der Waals surface area contributed by atoms with Gasteiger partial charge in [0.1, 0.15) is 12.2 Å². The number of aliphatic hydroxyl groups excluding tert-OH is 3. The third kappa shape index (κ3) is 23.6. The van der Waals surface area contributed by atoms with E-state index in [0.29, 0.717) is 59.2 Å². The summed E-state index contributed by atoms with van der Waals surface area (Å²) in [6, 6.07) is 0. The van der Waals surface area contributed by atoms with Crippen LogP contribution in [0.15, 0.2) is 11.9 Å². The minimum absolute atomic E-state index is 0.238. The molecule has 3 atom stereocenters. The van der Waals surface area contributed by atoms with Crippen molar-refractivity contribution in [1.82, 2.24) is 10.7 Å². The highest BCUT2D eigenvalue weighted by Crippen LogP contribution is 2.13. The largest absolute Gasteiger partial charge is 0.394 e. The van der Waals surface area contributed by atoms with E-state index in [4.69, 9.17) is 45.8 Å². The van der Waals surface area contributed by atoms with Crippen molar-refractivity contribution in [2.75, 3.05) is 65.9 Å². The fourth-order valence-electron chi connectivity index (χ4n) is 2.04. The van der Waals surface area contributed by atoms with Gasteiger partial charge in [0.05, 0.1) is 52.4 Å². The maximum atomic E-state index is 9.10. The summed E-state index contributed by atoms with van der Waals surface area (Å²) in [6.45, 7) is 14.8. The first-order valence-electron chi connectivity index (χ1n) is 11.5. The molecule has 11 heteroatoms. The molecule has 0 radical (unpaired) electrons. The Morgan fingerprint density at radius 1 is 1.00 bits per heavy atom. The monoisotopic (exact) mass is 470 g/mol. The molecule has 0 aromatic rings. The SMILES string of the molecule is C/C(=C/NCCOCCOCCOCCN)NN.CC.CC.OCC1OCCC(O)C1O. The van der Waals surface area contributed by atoms with Crippen molar-refractivity contribution in [3.63, 3.8) is 0 Å². The van der Waals surface area contributed by atoms with Crippen LogP contribution < -0.4 is 22.3 Å². The van der Waals surface area contributed by atoms with Gasteiger partial charge in [0.25, 0.3) is 0 Å². The van der Waals surface area contributed by atoms with E-state index in [1.54, 1.807) is 6.20 Å². The number of hydrazine groups is 1. The van der Waals surface area contributed by atoms with Crippen LogP contribution in [-0.4, -0.2) is 99.6 Å². The van der Waals surface area contributed by atoms with Crippen LogP contribution in [0.25, 0.3) is 0 Å². The lowest BCUT2D eigenvalue weighted by atomic mass is 10.0. The van der Waals surface area contributed by atoms with Crippen molar-refractivity contribution in [2.24, 2.45) is 11.6 Å². The van der Waals surface area contributed by atoms with Gasteiger partial charge in [-0.1, -0.05) is 27.7 Å². The van der Waals surface area contributed by atoms with Gasteiger partial charge in [-0.3, -0.25) is 5.84 Å². The Kier molecular flexibility index (Phi) is 33.3. The topological polar surface area (TPSA) is 174 Å². The zero-order chi connectivity index (χ0) is 25.0. The minimum atomic E-state index is -0.932. The number of hydrogen-bond acceptors (Lipinski definition) is 11. The molecule has 9 N–H and O–H groups in total. The van der Waals surface area contributed by atoms with Crippen molar-refractivity contribution in [1.29, 1.82) is 0 Å². The van der Waals surface area contributed by atoms with E-state index >= 15 is 0 Å². The van der Waals surface area contributed by atoms with Crippen LogP contribution >= 0.6 is 0 Å². The molecule has 1 aliphatic rings. The molecule has 0 saturated carbocycles. The third-order valence-corrected chi connectivity index (χ3v) is 3.64. The Morgan fingerprint density at radius 3 is 2.00 bits per heavy atom. The summed E-state index contributed by atoms with van der Waals surface area (Å²) in [5, 5.41) is 29.8. The third-order valence-electron chi connectivity index (χ3n) is 3.64. The molecule has 196 valence electrons. The lowest BCUT2D eigenvalue weighted by molar-refractivity contribution is -0.147. The van der Waals surface area contributed by atoms with E-state index in [2.05, 4.69) is 10.7 Å². The molecule has 32 heavy (non-hydrogen) atoms. The van der Waals surface area contributed by atoms with Crippen LogP contribution in [0.2, 0.25) is 0 Å². The summed E-state index contributed by atoms with van der Waals surface area (Å²) in [7, 11) is 0. The average Bonchev–Trinajstić information content (AvgIpc) is 2.84. The van der Waals surface area contributed by atoms with Gasteiger partial charge in [-0.2, -0.15) is 0 Å². The smallest absolute Gasteiger partial charge is 0.109 e. The standard InChI is InChI=1S/C11H26N4O3.C6H12O4.2C2H6/c1-11(15-13)10-14-3-5-17-7-9-18-8-6-16-4-2-12;7-3-5-6(9)4(8)1-2-10-5;2*1-2/h10,14-15H,2-9,12-13H2,1H3;4-9H,1-3H2;2*1-2H3/b11-10-;;;. The average molecular weight is 471 g/mol. The molecular formula is C21H50N4O7. The zero-order valence-electron chi connectivity index (χ0n) is 20.7. The van der Waals surface area contributed by atoms with Crippen LogP contribution in [0.3, 0.4) is 0 Å². The van der Waals surface area contributed by atoms with Crippen molar-refractivity contribution in [3.8, 4) is 0 Å². The molecule has 0 spiro atoms. The highest BCUT2D eigenvalue weighted by atomic mass is 16.5. The van der Waals surface area contributed by atoms with E-state index < -0.39 is 18.3 Å². The maximum Gasteiger partial charge on any atom is 0.109 e. The van der Waals surface area contributed by atoms with Crippen molar-refractivity contribution in [3.05, 3.63) is 11.9 Å². The second kappa shape index (κ2) is 30.0. The first-order chi connectivity index (χ1) is 15.6. The molecule has 0 bridgehead atoms. The van der Waals surface area contributed by atoms with E-state index in [9.17, 15) is 0 Å². The molecule has 1 heterocycles. The molecule has 1 fully saturated rings. The zero-order valence-corrected chi connectivity index (χ0v) is 20.7. The predicted molar refractivity (Wildman–Crippen MR) is 127 cm³/mol. The molecule has 11 nitrogen and oxygen atoms in total. The lowest BCUT2D eigenvalue weighted by Gasteiger charge is -2.30. The first-order valence-corrected chi connectivity index (χ1v) is 11.5. The number of hydrogen-bond donors (Lipinski definition) is 7. The van der Waals surface area contributed by atoms with Crippen molar-refractivity contribution < 1.29 is 34.3 Å². The van der Waals surface area contributed by atoms with Crippen molar-refractivity contribution in [2.45, 2.75) is 59.4 Å². The second-order valence-corrected chi connectivity index (χ2v) is 5.99. The molecule has 1 saturated heterocycles. The summed E-state index contributed by atoms with van der Waals surface area (Å²) >= 11 is 0. The van der Waals surface area contributed by atoms with Gasteiger partial charge in [0.15, 0.2) is 0 Å². The molecule has 0 aromatic heterocycles. The molecule has 0 amide bonds. The number of aliphatic hydroxyl groups is 3. The van der Waals surface area contributed by atoms with Crippen LogP contribution in [0.1, 0.15) is 41.0 Å². The number of nitrogens with two attached hydrogens (primary N) is 2. The van der Waals surface area contributed by atoms with Gasteiger partial charge in [-0.25, -0.2) is 0 Å². The number of nitrogens with one attached hydrogen (secondary N) is 2. The van der Waals surface area contributed by atoms with Crippen LogP contribution in [-0.2, 0) is 18.9 Å². The van der Waals surface area contributed by atoms with Crippen molar-refractivity contribution >= 4 is 0 Å². The molecular weight excluding hydrogens is 420 g/mol. The van der Waals surface area contributed by atoms with Crippen LogP contribution in [0.4, 0.5) is 0 Å². The molecule has 1 aliphatic heterocycles. The van der Waals surface area contributed by atoms with Gasteiger partial charge in [-0.15, -0.1) is 0 Å². The first kappa shape index (κ1) is 35.6. The summed E-state index contributed by atoms with van der Waals surface area (Å²) < 4.78 is 20.7. The molecule has 0 aliphatic carbocycles. The van der Waals surface area contributed by atoms with Crippen LogP contribution in [0, 0.1) is 0 Å². The summed E-state index contributed by atoms with van der Waals surface area (Å²) in [5.41, 5.74) is 8.66. The van der Waals surface area contributed by atoms with Crippen LogP contribution in [0.5, 0.6) is 0 Å². The Hall–Kier alpha value is -1.02. The van der Waals surface area contributed by atoms with E-state index in [-0.39, 0.29) is 6.61 Å². The van der Waals surface area contributed by atoms with Gasteiger partial charge < -0.3 is 50.7 Å². The summed E-state index contributed by atoms with van der Waals surface area (Å²) in [4.78, 5) is 0. The second-order valence-electron chi connectivity index (χ2n) is 5.99. The predicted octanol–water partition coefficient (Wildman–Crippen LogP) is -0.549. The molecule has 0 aromatic carbocycles. The highest BCUT2D eigenvalue weighted by Gasteiger charge is 2.30. The Labute approximate surface area is 194 Å². The fraction of sp³-hybridized carbons (Fsp3) is 0.905. The Morgan fingerprint density at radius 2 is 1.53 bits per heavy atom.